The molecule has 0 saturated heterocycles. The van der Waals surface area contributed by atoms with E-state index in [0.29, 0.717) is 11.7 Å². The van der Waals surface area contributed by atoms with Gasteiger partial charge in [0, 0.05) is 18.8 Å². The number of pyridine rings is 1. The lowest BCUT2D eigenvalue weighted by Crippen LogP contribution is -2.31. The average molecular weight is 232 g/mol. The summed E-state index contributed by atoms with van der Waals surface area (Å²) in [4.78, 5) is 6.50. The Morgan fingerprint density at radius 1 is 1.65 bits per heavy atom. The van der Waals surface area contributed by atoms with Gasteiger partial charge in [-0.15, -0.1) is 0 Å². The third kappa shape index (κ3) is 2.82. The zero-order valence-electron chi connectivity index (χ0n) is 10.5. The summed E-state index contributed by atoms with van der Waals surface area (Å²) in [7, 11) is 2.12. The summed E-state index contributed by atoms with van der Waals surface area (Å²) in [5.41, 5.74) is 7.19. The number of nitrogens with zero attached hydrogens (tertiary/aromatic N) is 2. The molecule has 4 heteroatoms. The minimum Gasteiger partial charge on any atom is -0.382 e. The van der Waals surface area contributed by atoms with Gasteiger partial charge < -0.3 is 5.73 Å². The SMILES string of the molecule is CC(C1CC1)N(C)Cc1cccnc1C(=N)N. The molecule has 92 valence electrons. The molecule has 1 aliphatic carbocycles. The smallest absolute Gasteiger partial charge is 0.142 e. The second-order valence-electron chi connectivity index (χ2n) is 4.92. The molecule has 17 heavy (non-hydrogen) atoms. The minimum absolute atomic E-state index is 0.0491. The maximum absolute atomic E-state index is 7.52. The Hall–Kier alpha value is -1.42. The van der Waals surface area contributed by atoms with Gasteiger partial charge in [0.25, 0.3) is 0 Å². The van der Waals surface area contributed by atoms with Gasteiger partial charge in [0.15, 0.2) is 0 Å². The van der Waals surface area contributed by atoms with Crippen LogP contribution in [0, 0.1) is 11.3 Å². The summed E-state index contributed by atoms with van der Waals surface area (Å²) < 4.78 is 0. The van der Waals surface area contributed by atoms with Crippen LogP contribution in [0.2, 0.25) is 0 Å². The lowest BCUT2D eigenvalue weighted by molar-refractivity contribution is 0.226. The molecule has 4 nitrogen and oxygen atoms in total. The Morgan fingerprint density at radius 3 is 2.94 bits per heavy atom. The highest BCUT2D eigenvalue weighted by Crippen LogP contribution is 2.35. The largest absolute Gasteiger partial charge is 0.382 e. The van der Waals surface area contributed by atoms with Crippen molar-refractivity contribution in [2.75, 3.05) is 7.05 Å². The van der Waals surface area contributed by atoms with Crippen molar-refractivity contribution in [3.8, 4) is 0 Å². The molecule has 1 aliphatic rings. The number of nitrogens with one attached hydrogen (secondary N) is 1. The van der Waals surface area contributed by atoms with Crippen LogP contribution in [0.3, 0.4) is 0 Å². The Bertz CT molecular complexity index is 412. The Morgan fingerprint density at radius 2 is 2.35 bits per heavy atom. The molecule has 0 radical (unpaired) electrons. The monoisotopic (exact) mass is 232 g/mol. The fraction of sp³-hybridized carbons (Fsp3) is 0.538. The zero-order valence-corrected chi connectivity index (χ0v) is 10.5. The highest BCUT2D eigenvalue weighted by molar-refractivity contribution is 5.94. The van der Waals surface area contributed by atoms with Crippen LogP contribution in [0.25, 0.3) is 0 Å². The predicted molar refractivity (Wildman–Crippen MR) is 68.9 cm³/mol. The van der Waals surface area contributed by atoms with E-state index < -0.39 is 0 Å². The number of amidine groups is 1. The van der Waals surface area contributed by atoms with E-state index in [1.54, 1.807) is 6.20 Å². The summed E-state index contributed by atoms with van der Waals surface area (Å²) in [6.07, 6.45) is 4.38. The molecule has 0 aliphatic heterocycles. The van der Waals surface area contributed by atoms with Crippen molar-refractivity contribution < 1.29 is 0 Å². The second kappa shape index (κ2) is 4.84. The topological polar surface area (TPSA) is 66.0 Å². The molecule has 1 saturated carbocycles. The van der Waals surface area contributed by atoms with Crippen LogP contribution in [0.4, 0.5) is 0 Å². The highest BCUT2D eigenvalue weighted by Gasteiger charge is 2.30. The molecule has 0 spiro atoms. The van der Waals surface area contributed by atoms with Crippen LogP contribution in [0.5, 0.6) is 0 Å². The van der Waals surface area contributed by atoms with Gasteiger partial charge >= 0.3 is 0 Å². The third-order valence-electron chi connectivity index (χ3n) is 3.57. The van der Waals surface area contributed by atoms with E-state index in [9.17, 15) is 0 Å². The molecule has 1 aromatic heterocycles. The average Bonchev–Trinajstić information content (AvgIpc) is 3.12. The van der Waals surface area contributed by atoms with Crippen LogP contribution in [0.15, 0.2) is 18.3 Å². The van der Waals surface area contributed by atoms with Gasteiger partial charge in [-0.05, 0) is 44.4 Å². The molecule has 1 fully saturated rings. The number of hydrogen-bond acceptors (Lipinski definition) is 3. The number of hydrogen-bond donors (Lipinski definition) is 2. The standard InChI is InChI=1S/C13H20N4/c1-9(10-5-6-10)17(2)8-11-4-3-7-16-12(11)13(14)15/h3-4,7,9-10H,5-6,8H2,1-2H3,(H3,14,15). The molecular formula is C13H20N4. The first-order chi connectivity index (χ1) is 8.09. The van der Waals surface area contributed by atoms with Gasteiger partial charge in [-0.1, -0.05) is 6.07 Å². The van der Waals surface area contributed by atoms with Gasteiger partial charge in [0.05, 0.1) is 0 Å². The van der Waals surface area contributed by atoms with Crippen molar-refractivity contribution >= 4 is 5.84 Å². The van der Waals surface area contributed by atoms with Crippen molar-refractivity contribution in [1.29, 1.82) is 5.41 Å². The van der Waals surface area contributed by atoms with Crippen LogP contribution in [-0.2, 0) is 6.54 Å². The number of nitrogen functional groups attached to an aromatic ring is 1. The summed E-state index contributed by atoms with van der Waals surface area (Å²) in [6.45, 7) is 3.07. The lowest BCUT2D eigenvalue weighted by Gasteiger charge is -2.25. The van der Waals surface area contributed by atoms with E-state index in [4.69, 9.17) is 11.1 Å². The number of aromatic nitrogens is 1. The van der Waals surface area contributed by atoms with Crippen molar-refractivity contribution in [2.24, 2.45) is 11.7 Å². The molecule has 0 aromatic carbocycles. The molecule has 0 bridgehead atoms. The Balaban J connectivity index is 2.09. The van der Waals surface area contributed by atoms with E-state index in [1.807, 2.05) is 12.1 Å². The van der Waals surface area contributed by atoms with Gasteiger partial charge in [-0.2, -0.15) is 0 Å². The van der Waals surface area contributed by atoms with E-state index in [0.717, 1.165) is 18.0 Å². The van der Waals surface area contributed by atoms with E-state index in [-0.39, 0.29) is 5.84 Å². The first kappa shape index (κ1) is 12.0. The molecule has 1 unspecified atom stereocenters. The van der Waals surface area contributed by atoms with Crippen molar-refractivity contribution in [2.45, 2.75) is 32.4 Å². The van der Waals surface area contributed by atoms with E-state index in [1.165, 1.54) is 12.8 Å². The van der Waals surface area contributed by atoms with Gasteiger partial charge in [0.1, 0.15) is 11.5 Å². The molecule has 2 rings (SSSR count). The predicted octanol–water partition coefficient (Wildman–Crippen LogP) is 1.60. The quantitative estimate of drug-likeness (QED) is 0.598. The fourth-order valence-electron chi connectivity index (χ4n) is 2.16. The molecular weight excluding hydrogens is 212 g/mol. The van der Waals surface area contributed by atoms with Crippen molar-refractivity contribution in [1.82, 2.24) is 9.88 Å². The summed E-state index contributed by atoms with van der Waals surface area (Å²) in [6, 6.07) is 4.49. The summed E-state index contributed by atoms with van der Waals surface area (Å²) in [5, 5.41) is 7.52. The highest BCUT2D eigenvalue weighted by atomic mass is 15.1. The molecule has 1 heterocycles. The normalized spacial score (nSPS) is 17.1. The molecule has 1 atom stereocenters. The Labute approximate surface area is 102 Å². The molecule has 3 N–H and O–H groups in total. The van der Waals surface area contributed by atoms with E-state index in [2.05, 4.69) is 23.9 Å². The summed E-state index contributed by atoms with van der Waals surface area (Å²) >= 11 is 0. The van der Waals surface area contributed by atoms with Gasteiger partial charge in [0.2, 0.25) is 0 Å². The Kier molecular flexibility index (Phi) is 3.43. The van der Waals surface area contributed by atoms with Gasteiger partial charge in [-0.25, -0.2) is 0 Å². The van der Waals surface area contributed by atoms with Crippen LogP contribution < -0.4 is 5.73 Å². The number of nitrogens with two attached hydrogens (primary N) is 1. The first-order valence-electron chi connectivity index (χ1n) is 6.08. The van der Waals surface area contributed by atoms with Crippen molar-refractivity contribution in [3.63, 3.8) is 0 Å². The van der Waals surface area contributed by atoms with Gasteiger partial charge in [-0.3, -0.25) is 15.3 Å². The maximum Gasteiger partial charge on any atom is 0.142 e. The fourth-order valence-corrected chi connectivity index (χ4v) is 2.16. The second-order valence-corrected chi connectivity index (χ2v) is 4.92. The third-order valence-corrected chi connectivity index (χ3v) is 3.57. The van der Waals surface area contributed by atoms with E-state index >= 15 is 0 Å². The lowest BCUT2D eigenvalue weighted by atomic mass is 10.1. The minimum atomic E-state index is 0.0491. The number of rotatable bonds is 5. The zero-order chi connectivity index (χ0) is 12.4. The first-order valence-corrected chi connectivity index (χ1v) is 6.08. The summed E-state index contributed by atoms with van der Waals surface area (Å²) in [5.74, 6) is 0.894. The van der Waals surface area contributed by atoms with Crippen LogP contribution in [-0.4, -0.2) is 28.8 Å². The van der Waals surface area contributed by atoms with Crippen LogP contribution >= 0.6 is 0 Å². The van der Waals surface area contributed by atoms with Crippen molar-refractivity contribution in [3.05, 3.63) is 29.6 Å². The maximum atomic E-state index is 7.52. The van der Waals surface area contributed by atoms with Crippen LogP contribution in [0.1, 0.15) is 31.0 Å². The molecule has 1 aromatic rings. The molecule has 0 amide bonds.